The quantitative estimate of drug-likeness (QED) is 0.931. The number of halogens is 1. The molecular formula is C15H20FN3S. The molecule has 1 aliphatic rings. The van der Waals surface area contributed by atoms with E-state index in [2.05, 4.69) is 22.1 Å². The van der Waals surface area contributed by atoms with Crippen LogP contribution < -0.4 is 5.32 Å². The maximum absolute atomic E-state index is 13.2. The molecule has 1 fully saturated rings. The topological polar surface area (TPSA) is 28.2 Å². The number of nitrogens with one attached hydrogen (secondary N) is 1. The van der Waals surface area contributed by atoms with Gasteiger partial charge in [0.25, 0.3) is 0 Å². The van der Waals surface area contributed by atoms with Gasteiger partial charge in [0.15, 0.2) is 5.13 Å². The van der Waals surface area contributed by atoms with Gasteiger partial charge >= 0.3 is 0 Å². The van der Waals surface area contributed by atoms with Crippen LogP contribution >= 0.6 is 11.3 Å². The van der Waals surface area contributed by atoms with Gasteiger partial charge in [0, 0.05) is 25.2 Å². The van der Waals surface area contributed by atoms with Gasteiger partial charge in [-0.2, -0.15) is 0 Å². The highest BCUT2D eigenvalue weighted by Crippen LogP contribution is 2.28. The number of hydrogen-bond acceptors (Lipinski definition) is 4. The predicted molar refractivity (Wildman–Crippen MR) is 83.0 cm³/mol. The molecule has 2 aromatic rings. The Hall–Kier alpha value is -1.20. The minimum absolute atomic E-state index is 0.220. The van der Waals surface area contributed by atoms with Gasteiger partial charge in [-0.15, -0.1) is 0 Å². The Morgan fingerprint density at radius 3 is 2.95 bits per heavy atom. The lowest BCUT2D eigenvalue weighted by molar-refractivity contribution is 0.219. The molecule has 0 atom stereocenters. The van der Waals surface area contributed by atoms with Crippen LogP contribution in [-0.2, 0) is 0 Å². The number of hydrogen-bond donors (Lipinski definition) is 1. The zero-order valence-corrected chi connectivity index (χ0v) is 12.5. The molecule has 1 aliphatic heterocycles. The first-order valence-electron chi connectivity index (χ1n) is 7.29. The van der Waals surface area contributed by atoms with E-state index in [-0.39, 0.29) is 5.82 Å². The molecule has 1 saturated heterocycles. The van der Waals surface area contributed by atoms with Gasteiger partial charge in [0.1, 0.15) is 5.82 Å². The average Bonchev–Trinajstić information content (AvgIpc) is 2.82. The van der Waals surface area contributed by atoms with Crippen LogP contribution in [0.25, 0.3) is 10.2 Å². The smallest absolute Gasteiger partial charge is 0.184 e. The average molecular weight is 293 g/mol. The third-order valence-corrected chi connectivity index (χ3v) is 4.77. The van der Waals surface area contributed by atoms with E-state index in [1.165, 1.54) is 25.1 Å². The Morgan fingerprint density at radius 1 is 1.40 bits per heavy atom. The Balaban J connectivity index is 1.62. The summed E-state index contributed by atoms with van der Waals surface area (Å²) >= 11 is 1.61. The fourth-order valence-electron chi connectivity index (χ4n) is 2.75. The van der Waals surface area contributed by atoms with E-state index in [0.717, 1.165) is 41.3 Å². The number of rotatable bonds is 4. The van der Waals surface area contributed by atoms with E-state index in [1.54, 1.807) is 17.4 Å². The van der Waals surface area contributed by atoms with Gasteiger partial charge in [-0.1, -0.05) is 18.3 Å². The molecule has 0 unspecified atom stereocenters. The van der Waals surface area contributed by atoms with Crippen molar-refractivity contribution in [2.75, 3.05) is 25.0 Å². The summed E-state index contributed by atoms with van der Waals surface area (Å²) in [7, 11) is 0. The van der Waals surface area contributed by atoms with Crippen molar-refractivity contribution in [3.8, 4) is 0 Å². The van der Waals surface area contributed by atoms with Crippen LogP contribution in [0.1, 0.15) is 26.2 Å². The number of benzene rings is 1. The Labute approximate surface area is 122 Å². The molecule has 2 heterocycles. The molecule has 3 rings (SSSR count). The van der Waals surface area contributed by atoms with Crippen LogP contribution in [-0.4, -0.2) is 35.6 Å². The molecule has 0 radical (unpaired) electrons. The number of anilines is 1. The van der Waals surface area contributed by atoms with E-state index in [4.69, 9.17) is 0 Å². The normalized spacial score (nSPS) is 17.7. The fourth-order valence-corrected chi connectivity index (χ4v) is 3.68. The van der Waals surface area contributed by atoms with Gasteiger partial charge in [-0.25, -0.2) is 9.37 Å². The van der Waals surface area contributed by atoms with Crippen molar-refractivity contribution < 1.29 is 4.39 Å². The zero-order chi connectivity index (χ0) is 13.9. The first-order valence-corrected chi connectivity index (χ1v) is 8.11. The van der Waals surface area contributed by atoms with Crippen LogP contribution in [0.15, 0.2) is 18.2 Å². The summed E-state index contributed by atoms with van der Waals surface area (Å²) in [5.41, 5.74) is 0.751. The highest BCUT2D eigenvalue weighted by atomic mass is 32.1. The van der Waals surface area contributed by atoms with Crippen LogP contribution in [0.5, 0.6) is 0 Å². The van der Waals surface area contributed by atoms with Gasteiger partial charge in [0.05, 0.1) is 10.2 Å². The van der Waals surface area contributed by atoms with Crippen LogP contribution in [0.3, 0.4) is 0 Å². The van der Waals surface area contributed by atoms with E-state index < -0.39 is 0 Å². The summed E-state index contributed by atoms with van der Waals surface area (Å²) in [5, 5.41) is 4.43. The van der Waals surface area contributed by atoms with Crippen molar-refractivity contribution >= 4 is 26.7 Å². The van der Waals surface area contributed by atoms with E-state index >= 15 is 0 Å². The molecule has 0 amide bonds. The Bertz CT molecular complexity index is 576. The number of fused-ring (bicyclic) bond motifs is 1. The number of likely N-dealkylation sites (tertiary alicyclic amines) is 1. The molecule has 0 aliphatic carbocycles. The molecule has 108 valence electrons. The molecule has 0 spiro atoms. The molecule has 20 heavy (non-hydrogen) atoms. The van der Waals surface area contributed by atoms with Gasteiger partial charge < -0.3 is 10.2 Å². The van der Waals surface area contributed by atoms with E-state index in [0.29, 0.717) is 6.04 Å². The second kappa shape index (κ2) is 6.06. The van der Waals surface area contributed by atoms with E-state index in [9.17, 15) is 4.39 Å². The minimum atomic E-state index is -0.220. The molecule has 1 N–H and O–H groups in total. The van der Waals surface area contributed by atoms with Gasteiger partial charge in [0.2, 0.25) is 0 Å². The second-order valence-corrected chi connectivity index (χ2v) is 6.42. The van der Waals surface area contributed by atoms with Crippen molar-refractivity contribution in [2.24, 2.45) is 0 Å². The van der Waals surface area contributed by atoms with Crippen molar-refractivity contribution in [2.45, 2.75) is 32.2 Å². The van der Waals surface area contributed by atoms with Crippen LogP contribution in [0, 0.1) is 5.82 Å². The summed E-state index contributed by atoms with van der Waals surface area (Å²) in [6, 6.07) is 5.29. The molecule has 0 bridgehead atoms. The molecular weight excluding hydrogens is 273 g/mol. The SMILES string of the molecule is CCCN1CCC(Nc2nc3cc(F)ccc3s2)CC1. The van der Waals surface area contributed by atoms with E-state index in [1.807, 2.05) is 0 Å². The van der Waals surface area contributed by atoms with Crippen molar-refractivity contribution in [3.63, 3.8) is 0 Å². The standard InChI is InChI=1S/C15H20FN3S/c1-2-7-19-8-5-12(6-9-19)17-15-18-13-10-11(16)3-4-14(13)20-15/h3-4,10,12H,2,5-9H2,1H3,(H,17,18). The zero-order valence-electron chi connectivity index (χ0n) is 11.7. The second-order valence-electron chi connectivity index (χ2n) is 5.39. The summed E-state index contributed by atoms with van der Waals surface area (Å²) < 4.78 is 14.2. The summed E-state index contributed by atoms with van der Waals surface area (Å²) in [4.78, 5) is 7.00. The lowest BCUT2D eigenvalue weighted by Gasteiger charge is -2.31. The van der Waals surface area contributed by atoms with Crippen LogP contribution in [0.4, 0.5) is 9.52 Å². The maximum Gasteiger partial charge on any atom is 0.184 e. The summed E-state index contributed by atoms with van der Waals surface area (Å²) in [6.45, 7) is 5.74. The number of thiazole rings is 1. The van der Waals surface area contributed by atoms with Crippen molar-refractivity contribution in [1.29, 1.82) is 0 Å². The maximum atomic E-state index is 13.2. The molecule has 3 nitrogen and oxygen atoms in total. The monoisotopic (exact) mass is 293 g/mol. The fraction of sp³-hybridized carbons (Fsp3) is 0.533. The lowest BCUT2D eigenvalue weighted by Crippen LogP contribution is -2.39. The number of aromatic nitrogens is 1. The highest BCUT2D eigenvalue weighted by Gasteiger charge is 2.19. The minimum Gasteiger partial charge on any atom is -0.359 e. The summed E-state index contributed by atoms with van der Waals surface area (Å²) in [5.74, 6) is -0.220. The molecule has 1 aromatic carbocycles. The number of piperidine rings is 1. The predicted octanol–water partition coefficient (Wildman–Crippen LogP) is 3.72. The largest absolute Gasteiger partial charge is 0.359 e. The third-order valence-electron chi connectivity index (χ3n) is 3.80. The van der Waals surface area contributed by atoms with Crippen molar-refractivity contribution in [3.05, 3.63) is 24.0 Å². The third kappa shape index (κ3) is 3.10. The number of nitrogens with zero attached hydrogens (tertiary/aromatic N) is 2. The first-order chi connectivity index (χ1) is 9.74. The first kappa shape index (κ1) is 13.8. The highest BCUT2D eigenvalue weighted by molar-refractivity contribution is 7.22. The lowest BCUT2D eigenvalue weighted by atomic mass is 10.1. The Kier molecular flexibility index (Phi) is 4.17. The van der Waals surface area contributed by atoms with Crippen LogP contribution in [0.2, 0.25) is 0 Å². The molecule has 0 saturated carbocycles. The van der Waals surface area contributed by atoms with Gasteiger partial charge in [-0.3, -0.25) is 0 Å². The van der Waals surface area contributed by atoms with Crippen molar-refractivity contribution in [1.82, 2.24) is 9.88 Å². The Morgan fingerprint density at radius 2 is 2.20 bits per heavy atom. The molecule has 5 heteroatoms. The molecule has 1 aromatic heterocycles. The van der Waals surface area contributed by atoms with Gasteiger partial charge in [-0.05, 0) is 37.9 Å². The summed E-state index contributed by atoms with van der Waals surface area (Å²) in [6.07, 6.45) is 3.54.